The zero-order valence-corrected chi connectivity index (χ0v) is 9.92. The summed E-state index contributed by atoms with van der Waals surface area (Å²) >= 11 is 0. The first-order chi connectivity index (χ1) is 7.81. The minimum atomic E-state index is 0.137. The van der Waals surface area contributed by atoms with Gasteiger partial charge in [-0.05, 0) is 38.2 Å². The Morgan fingerprint density at radius 1 is 1.38 bits per heavy atom. The molecular formula is C12H21N3O. The Balaban J connectivity index is 2.01. The lowest BCUT2D eigenvalue weighted by atomic mass is 10.1. The first-order valence-corrected chi connectivity index (χ1v) is 6.20. The van der Waals surface area contributed by atoms with E-state index >= 15 is 0 Å². The van der Waals surface area contributed by atoms with Crippen molar-refractivity contribution in [3.05, 3.63) is 17.0 Å². The van der Waals surface area contributed by atoms with Crippen LogP contribution in [0.25, 0.3) is 0 Å². The normalized spacial score (nSPS) is 17.9. The van der Waals surface area contributed by atoms with Crippen molar-refractivity contribution in [3.8, 4) is 0 Å². The predicted octanol–water partition coefficient (Wildman–Crippen LogP) is 1.15. The van der Waals surface area contributed by atoms with E-state index in [4.69, 9.17) is 5.11 Å². The molecule has 0 amide bonds. The molecule has 0 radical (unpaired) electrons. The highest BCUT2D eigenvalue weighted by Gasteiger charge is 2.15. The van der Waals surface area contributed by atoms with Crippen LogP contribution in [0.2, 0.25) is 0 Å². The van der Waals surface area contributed by atoms with Crippen LogP contribution in [0.3, 0.4) is 0 Å². The molecule has 1 aliphatic carbocycles. The summed E-state index contributed by atoms with van der Waals surface area (Å²) in [6.45, 7) is 2.91. The van der Waals surface area contributed by atoms with E-state index in [-0.39, 0.29) is 12.6 Å². The number of fused-ring (bicyclic) bond motifs is 1. The Morgan fingerprint density at radius 2 is 2.19 bits per heavy atom. The van der Waals surface area contributed by atoms with Crippen molar-refractivity contribution in [3.63, 3.8) is 0 Å². The summed E-state index contributed by atoms with van der Waals surface area (Å²) < 4.78 is 0. The molecule has 0 aliphatic heterocycles. The largest absolute Gasteiger partial charge is 0.395 e. The van der Waals surface area contributed by atoms with Crippen molar-refractivity contribution in [1.29, 1.82) is 0 Å². The Kier molecular flexibility index (Phi) is 3.96. The van der Waals surface area contributed by atoms with Gasteiger partial charge in [0.2, 0.25) is 0 Å². The van der Waals surface area contributed by atoms with Gasteiger partial charge in [0, 0.05) is 18.3 Å². The maximum atomic E-state index is 8.96. The summed E-state index contributed by atoms with van der Waals surface area (Å²) in [5, 5.41) is 19.8. The summed E-state index contributed by atoms with van der Waals surface area (Å²) in [4.78, 5) is 0. The van der Waals surface area contributed by atoms with Crippen molar-refractivity contribution >= 4 is 0 Å². The minimum absolute atomic E-state index is 0.137. The second kappa shape index (κ2) is 5.46. The molecule has 1 aromatic heterocycles. The lowest BCUT2D eigenvalue weighted by Gasteiger charge is -2.10. The fraction of sp³-hybridized carbons (Fsp3) is 0.750. The number of nitrogens with one attached hydrogen (secondary N) is 2. The van der Waals surface area contributed by atoms with E-state index in [0.717, 1.165) is 25.1 Å². The monoisotopic (exact) mass is 223 g/mol. The van der Waals surface area contributed by atoms with E-state index in [1.807, 2.05) is 6.92 Å². The van der Waals surface area contributed by atoms with Gasteiger partial charge in [-0.25, -0.2) is 0 Å². The molecule has 16 heavy (non-hydrogen) atoms. The van der Waals surface area contributed by atoms with E-state index in [9.17, 15) is 0 Å². The first kappa shape index (κ1) is 11.6. The number of hydrogen-bond donors (Lipinski definition) is 3. The van der Waals surface area contributed by atoms with Crippen LogP contribution in [0, 0.1) is 0 Å². The highest BCUT2D eigenvalue weighted by Crippen LogP contribution is 2.21. The first-order valence-electron chi connectivity index (χ1n) is 6.20. The summed E-state index contributed by atoms with van der Waals surface area (Å²) in [5.74, 6) is 0. The predicted molar refractivity (Wildman–Crippen MR) is 63.2 cm³/mol. The lowest BCUT2D eigenvalue weighted by Crippen LogP contribution is -2.29. The van der Waals surface area contributed by atoms with E-state index in [1.54, 1.807) is 0 Å². The molecule has 0 bridgehead atoms. The fourth-order valence-electron chi connectivity index (χ4n) is 2.21. The summed E-state index contributed by atoms with van der Waals surface area (Å²) in [6.07, 6.45) is 6.15. The molecule has 1 atom stereocenters. The van der Waals surface area contributed by atoms with E-state index in [2.05, 4.69) is 15.5 Å². The van der Waals surface area contributed by atoms with Gasteiger partial charge in [-0.3, -0.25) is 5.10 Å². The molecule has 1 unspecified atom stereocenters. The third kappa shape index (κ3) is 2.62. The molecule has 0 aromatic carbocycles. The smallest absolute Gasteiger partial charge is 0.0794 e. The maximum Gasteiger partial charge on any atom is 0.0794 e. The Morgan fingerprint density at radius 3 is 3.00 bits per heavy atom. The van der Waals surface area contributed by atoms with Gasteiger partial charge in [0.25, 0.3) is 0 Å². The number of aliphatic hydroxyl groups is 1. The maximum absolute atomic E-state index is 8.96. The number of aryl methyl sites for hydroxylation is 1. The molecule has 0 saturated heterocycles. The molecule has 4 heteroatoms. The van der Waals surface area contributed by atoms with Gasteiger partial charge < -0.3 is 10.4 Å². The third-order valence-electron chi connectivity index (χ3n) is 3.28. The third-order valence-corrected chi connectivity index (χ3v) is 3.28. The molecule has 90 valence electrons. The molecular weight excluding hydrogens is 202 g/mol. The highest BCUT2D eigenvalue weighted by molar-refractivity contribution is 5.26. The van der Waals surface area contributed by atoms with E-state index in [1.165, 1.54) is 30.5 Å². The molecule has 1 heterocycles. The van der Waals surface area contributed by atoms with Crippen LogP contribution in [0.15, 0.2) is 0 Å². The minimum Gasteiger partial charge on any atom is -0.395 e. The summed E-state index contributed by atoms with van der Waals surface area (Å²) in [5.41, 5.74) is 3.87. The van der Waals surface area contributed by atoms with Crippen molar-refractivity contribution in [2.45, 2.75) is 51.6 Å². The standard InChI is InChI=1S/C12H21N3O/c1-9(8-16)13-7-12-10-5-3-2-4-6-11(10)14-15-12/h9,13,16H,2-8H2,1H3,(H,14,15). The Bertz CT molecular complexity index is 335. The average molecular weight is 223 g/mol. The van der Waals surface area contributed by atoms with Gasteiger partial charge in [-0.15, -0.1) is 0 Å². The van der Waals surface area contributed by atoms with Crippen LogP contribution in [0.1, 0.15) is 43.1 Å². The number of hydrogen-bond acceptors (Lipinski definition) is 3. The number of aromatic amines is 1. The molecule has 1 aromatic rings. The molecule has 0 saturated carbocycles. The van der Waals surface area contributed by atoms with Crippen LogP contribution >= 0.6 is 0 Å². The Labute approximate surface area is 96.5 Å². The van der Waals surface area contributed by atoms with Crippen molar-refractivity contribution in [1.82, 2.24) is 15.5 Å². The van der Waals surface area contributed by atoms with Gasteiger partial charge in [-0.1, -0.05) is 6.42 Å². The topological polar surface area (TPSA) is 60.9 Å². The van der Waals surface area contributed by atoms with Crippen LogP contribution < -0.4 is 5.32 Å². The van der Waals surface area contributed by atoms with Crippen LogP contribution in [0.5, 0.6) is 0 Å². The SMILES string of the molecule is CC(CO)NCc1n[nH]c2c1CCCCC2. The second-order valence-electron chi connectivity index (χ2n) is 4.65. The summed E-state index contributed by atoms with van der Waals surface area (Å²) in [6, 6.07) is 0.137. The average Bonchev–Trinajstić information content (AvgIpc) is 2.54. The van der Waals surface area contributed by atoms with Crippen LogP contribution in [-0.2, 0) is 19.4 Å². The zero-order chi connectivity index (χ0) is 11.4. The molecule has 4 nitrogen and oxygen atoms in total. The molecule has 1 aliphatic rings. The number of nitrogens with zero attached hydrogens (tertiary/aromatic N) is 1. The summed E-state index contributed by atoms with van der Waals surface area (Å²) in [7, 11) is 0. The van der Waals surface area contributed by atoms with Gasteiger partial charge in [-0.2, -0.15) is 5.10 Å². The van der Waals surface area contributed by atoms with E-state index < -0.39 is 0 Å². The zero-order valence-electron chi connectivity index (χ0n) is 9.92. The lowest BCUT2D eigenvalue weighted by molar-refractivity contribution is 0.250. The quantitative estimate of drug-likeness (QED) is 0.671. The fourth-order valence-corrected chi connectivity index (χ4v) is 2.21. The molecule has 0 spiro atoms. The highest BCUT2D eigenvalue weighted by atomic mass is 16.3. The van der Waals surface area contributed by atoms with Gasteiger partial charge in [0.15, 0.2) is 0 Å². The van der Waals surface area contributed by atoms with Crippen molar-refractivity contribution in [2.75, 3.05) is 6.61 Å². The molecule has 3 N–H and O–H groups in total. The second-order valence-corrected chi connectivity index (χ2v) is 4.65. The van der Waals surface area contributed by atoms with E-state index in [0.29, 0.717) is 0 Å². The molecule has 0 fully saturated rings. The van der Waals surface area contributed by atoms with Crippen molar-refractivity contribution < 1.29 is 5.11 Å². The molecule has 2 rings (SSSR count). The van der Waals surface area contributed by atoms with Crippen LogP contribution in [-0.4, -0.2) is 28.0 Å². The number of H-pyrrole nitrogens is 1. The van der Waals surface area contributed by atoms with Gasteiger partial charge >= 0.3 is 0 Å². The van der Waals surface area contributed by atoms with Gasteiger partial charge in [0.1, 0.15) is 0 Å². The van der Waals surface area contributed by atoms with Crippen molar-refractivity contribution in [2.24, 2.45) is 0 Å². The number of rotatable bonds is 4. The Hall–Kier alpha value is -0.870. The number of aliphatic hydroxyl groups excluding tert-OH is 1. The van der Waals surface area contributed by atoms with Crippen LogP contribution in [0.4, 0.5) is 0 Å². The van der Waals surface area contributed by atoms with Gasteiger partial charge in [0.05, 0.1) is 12.3 Å². The number of aromatic nitrogens is 2.